The predicted octanol–water partition coefficient (Wildman–Crippen LogP) is 4.05. The minimum atomic E-state index is -0.325. The van der Waals surface area contributed by atoms with Crippen LogP contribution in [0.2, 0.25) is 0 Å². The van der Waals surface area contributed by atoms with Gasteiger partial charge in [0.05, 0.1) is 53.3 Å². The van der Waals surface area contributed by atoms with Crippen molar-refractivity contribution in [3.8, 4) is 0 Å². The van der Waals surface area contributed by atoms with E-state index in [1.165, 1.54) is 0 Å². The van der Waals surface area contributed by atoms with E-state index in [1.807, 2.05) is 12.2 Å². The van der Waals surface area contributed by atoms with Gasteiger partial charge in [0.1, 0.15) is 11.5 Å². The van der Waals surface area contributed by atoms with Gasteiger partial charge in [0.25, 0.3) is 0 Å². The van der Waals surface area contributed by atoms with Gasteiger partial charge in [0.2, 0.25) is 23.6 Å². The first-order valence-corrected chi connectivity index (χ1v) is 14.5. The first kappa shape index (κ1) is 43.1. The molecule has 0 fully saturated rings. The summed E-state index contributed by atoms with van der Waals surface area (Å²) in [6.45, 7) is 20.5. The Morgan fingerprint density at radius 2 is 1.00 bits per heavy atom. The molecule has 2 atom stereocenters. The molecule has 0 aromatic carbocycles. The van der Waals surface area contributed by atoms with Crippen molar-refractivity contribution in [2.24, 2.45) is 11.8 Å². The smallest absolute Gasteiger partial charge is 0.244 e. The van der Waals surface area contributed by atoms with Gasteiger partial charge < -0.3 is 40.2 Å². The summed E-state index contributed by atoms with van der Waals surface area (Å²) in [6, 6.07) is 0. The number of hydrogen-bond acceptors (Lipinski definition) is 8. The van der Waals surface area contributed by atoms with E-state index >= 15 is 0 Å². The maximum Gasteiger partial charge on any atom is 0.244 e. The molecule has 256 valence electrons. The Kier molecular flexibility index (Phi) is 25.8. The summed E-state index contributed by atoms with van der Waals surface area (Å²) in [5.41, 5.74) is 0. The number of nitrogens with one attached hydrogen (secondary N) is 4. The van der Waals surface area contributed by atoms with E-state index in [4.69, 9.17) is 9.47 Å². The molecule has 0 aliphatic heterocycles. The van der Waals surface area contributed by atoms with E-state index in [0.717, 1.165) is 49.4 Å². The van der Waals surface area contributed by atoms with Crippen LogP contribution in [0.4, 0.5) is 0 Å². The lowest BCUT2D eigenvalue weighted by Crippen LogP contribution is -2.42. The first-order chi connectivity index (χ1) is 22.0. The van der Waals surface area contributed by atoms with Crippen molar-refractivity contribution in [3.05, 3.63) is 99.0 Å². The van der Waals surface area contributed by atoms with Crippen LogP contribution < -0.4 is 21.3 Å². The van der Waals surface area contributed by atoms with E-state index in [0.29, 0.717) is 24.4 Å². The monoisotopic (exact) mass is 644 g/mol. The molecule has 2 aliphatic rings. The fourth-order valence-corrected chi connectivity index (χ4v) is 3.50. The van der Waals surface area contributed by atoms with Gasteiger partial charge in [-0.05, 0) is 62.1 Å². The summed E-state index contributed by atoms with van der Waals surface area (Å²) in [6.07, 6.45) is 13.8. The number of hydrogen-bond donors (Lipinski definition) is 4. The quantitative estimate of drug-likeness (QED) is 0.0957. The van der Waals surface area contributed by atoms with Gasteiger partial charge in [-0.15, -0.1) is 0 Å². The van der Waals surface area contributed by atoms with Crippen molar-refractivity contribution in [2.75, 3.05) is 41.8 Å². The Morgan fingerprint density at radius 1 is 0.652 bits per heavy atom. The van der Waals surface area contributed by atoms with Gasteiger partial charge in [-0.3, -0.25) is 19.2 Å². The van der Waals surface area contributed by atoms with Gasteiger partial charge in [0, 0.05) is 24.7 Å². The predicted molar refractivity (Wildman–Crippen MR) is 180 cm³/mol. The van der Waals surface area contributed by atoms with Crippen LogP contribution in [0, 0.1) is 11.8 Å². The van der Waals surface area contributed by atoms with Crippen molar-refractivity contribution < 1.29 is 38.1 Å². The highest BCUT2D eigenvalue weighted by atomic mass is 16.5. The normalized spacial score (nSPS) is 15.7. The van der Waals surface area contributed by atoms with E-state index < -0.39 is 0 Å². The molecule has 4 amide bonds. The third-order valence-electron chi connectivity index (χ3n) is 6.41. The molecule has 2 rings (SSSR count). The molecule has 46 heavy (non-hydrogen) atoms. The lowest BCUT2D eigenvalue weighted by atomic mass is 9.92. The fourth-order valence-electron chi connectivity index (χ4n) is 3.50. The zero-order chi connectivity index (χ0) is 35.3. The zero-order valence-corrected chi connectivity index (χ0v) is 27.8. The van der Waals surface area contributed by atoms with Crippen molar-refractivity contribution in [3.63, 3.8) is 0 Å². The van der Waals surface area contributed by atoms with Crippen LogP contribution in [0.25, 0.3) is 0 Å². The zero-order valence-electron chi connectivity index (χ0n) is 27.8. The van der Waals surface area contributed by atoms with Crippen molar-refractivity contribution in [1.82, 2.24) is 21.3 Å². The van der Waals surface area contributed by atoms with Crippen LogP contribution >= 0.6 is 0 Å². The molecule has 0 saturated heterocycles. The third kappa shape index (κ3) is 21.7. The Balaban J connectivity index is 0. The van der Waals surface area contributed by atoms with E-state index in [-0.39, 0.29) is 48.8 Å². The summed E-state index contributed by atoms with van der Waals surface area (Å²) in [5.74, 6) is 2.36. The first-order valence-electron chi connectivity index (χ1n) is 14.5. The Labute approximate surface area is 274 Å². The molecule has 0 aromatic heterocycles. The summed E-state index contributed by atoms with van der Waals surface area (Å²) < 4.78 is 19.5. The summed E-state index contributed by atoms with van der Waals surface area (Å²) >= 11 is 0. The second-order valence-electron chi connectivity index (χ2n) is 9.37. The highest BCUT2D eigenvalue weighted by Crippen LogP contribution is 2.24. The van der Waals surface area contributed by atoms with Crippen LogP contribution in [-0.4, -0.2) is 65.4 Å². The Bertz CT molecular complexity index is 1030. The van der Waals surface area contributed by atoms with E-state index in [9.17, 15) is 19.2 Å². The number of carbonyl (C=O) groups is 4. The van der Waals surface area contributed by atoms with Gasteiger partial charge in [-0.1, -0.05) is 39.5 Å². The van der Waals surface area contributed by atoms with Crippen molar-refractivity contribution in [2.45, 2.75) is 38.5 Å². The van der Waals surface area contributed by atoms with Crippen LogP contribution in [0.5, 0.6) is 0 Å². The van der Waals surface area contributed by atoms with Gasteiger partial charge in [-0.2, -0.15) is 0 Å². The van der Waals surface area contributed by atoms with Crippen LogP contribution in [-0.2, 0) is 38.1 Å². The van der Waals surface area contributed by atoms with E-state index in [2.05, 4.69) is 70.2 Å². The average molecular weight is 645 g/mol. The third-order valence-corrected chi connectivity index (χ3v) is 6.41. The second kappa shape index (κ2) is 27.5. The molecule has 0 radical (unpaired) electrons. The van der Waals surface area contributed by atoms with Crippen molar-refractivity contribution in [1.29, 1.82) is 0 Å². The fraction of sp³-hybridized carbons (Fsp3) is 0.412. The Hall–Kier alpha value is -5.00. The Morgan fingerprint density at radius 3 is 1.22 bits per heavy atom. The number of allylic oxidation sites excluding steroid dienone is 6. The van der Waals surface area contributed by atoms with Crippen LogP contribution in [0.1, 0.15) is 38.5 Å². The number of rotatable bonds is 14. The van der Waals surface area contributed by atoms with Gasteiger partial charge in [-0.25, -0.2) is 0 Å². The molecular formula is C34H52N4O8. The molecule has 4 N–H and O–H groups in total. The second-order valence-corrected chi connectivity index (χ2v) is 9.37. The molecule has 0 bridgehead atoms. The minimum absolute atomic E-state index is 0.0121. The lowest BCUT2D eigenvalue weighted by molar-refractivity contribution is -0.127. The number of methoxy groups -OCH3 is 4. The number of amides is 4. The standard InChI is InChI=1S/C17H26N2O4.C7H10N2O2.2C5H8O/c1-22-14-7-3-12(4-8-14)16(20)18-11-19-17(21)13-5-9-15(23-2)10-6-13;1-3-6(10)8-5-9-7(11)4-2;2*1-4-5(2)6-3/h7,9,12-13H,3-6,8,10-11H2,1-2H3,(H,18,20)(H,19,21);3-4H,1-2,5H2,(H,8,10)(H,9,11);2*4H,1-2H2,3H3. The summed E-state index contributed by atoms with van der Waals surface area (Å²) in [4.78, 5) is 45.1. The largest absolute Gasteiger partial charge is 0.501 e. The van der Waals surface area contributed by atoms with Gasteiger partial charge >= 0.3 is 0 Å². The van der Waals surface area contributed by atoms with E-state index in [1.54, 1.807) is 40.6 Å². The summed E-state index contributed by atoms with van der Waals surface area (Å²) in [5, 5.41) is 10.3. The molecule has 2 aliphatic carbocycles. The molecule has 12 heteroatoms. The molecule has 12 nitrogen and oxygen atoms in total. The lowest BCUT2D eigenvalue weighted by Gasteiger charge is -2.22. The highest BCUT2D eigenvalue weighted by Gasteiger charge is 2.23. The number of carbonyl (C=O) groups excluding carboxylic acids is 4. The topological polar surface area (TPSA) is 153 Å². The van der Waals surface area contributed by atoms with Gasteiger partial charge in [0.15, 0.2) is 0 Å². The van der Waals surface area contributed by atoms with Crippen molar-refractivity contribution >= 4 is 23.6 Å². The average Bonchev–Trinajstić information content (AvgIpc) is 3.11. The molecular weight excluding hydrogens is 592 g/mol. The molecule has 0 saturated carbocycles. The maximum absolute atomic E-state index is 12.1. The summed E-state index contributed by atoms with van der Waals surface area (Å²) in [7, 11) is 6.42. The minimum Gasteiger partial charge on any atom is -0.501 e. The molecule has 0 aromatic rings. The molecule has 0 heterocycles. The molecule has 2 unspecified atom stereocenters. The molecule has 0 spiro atoms. The van der Waals surface area contributed by atoms with Crippen LogP contribution in [0.3, 0.4) is 0 Å². The highest BCUT2D eigenvalue weighted by molar-refractivity contribution is 5.89. The SMILES string of the molecule is C=CC(=C)OC.C=CC(=C)OC.C=CC(=O)NCNC(=O)C=C.COC1=CCC(C(=O)NCNC(=O)C2CC=C(OC)CC2)CC1. The number of ether oxygens (including phenoxy) is 4. The maximum atomic E-state index is 12.1. The van der Waals surface area contributed by atoms with Crippen LogP contribution in [0.15, 0.2) is 99.0 Å².